The lowest BCUT2D eigenvalue weighted by atomic mass is 9.99. The van der Waals surface area contributed by atoms with E-state index in [-0.39, 0.29) is 10.0 Å². The molecule has 108 valence electrons. The Balaban J connectivity index is 3.42. The summed E-state index contributed by atoms with van der Waals surface area (Å²) in [6, 6.07) is 1.59. The van der Waals surface area contributed by atoms with E-state index in [9.17, 15) is 24.1 Å². The molecule has 0 atom stereocenters. The number of ether oxygens (including phenoxy) is 2. The monoisotopic (exact) mass is 349 g/mol. The number of rotatable bonds is 4. The first-order chi connectivity index (χ1) is 9.33. The van der Waals surface area contributed by atoms with Gasteiger partial charge in [-0.3, -0.25) is 19.7 Å². The Morgan fingerprint density at radius 1 is 1.30 bits per heavy atom. The van der Waals surface area contributed by atoms with Crippen molar-refractivity contribution in [2.75, 3.05) is 14.2 Å². The molecule has 0 aliphatic rings. The van der Waals surface area contributed by atoms with E-state index < -0.39 is 34.3 Å². The standard InChI is InChI=1S/C11H9BrFNO6/c1-19-10(15)9(11(16)20-2)5-3-7(13)8(14(17)18)4-6(5)12/h3-4,9H,1-2H3. The summed E-state index contributed by atoms with van der Waals surface area (Å²) in [5.74, 6) is -4.64. The highest BCUT2D eigenvalue weighted by Crippen LogP contribution is 2.32. The van der Waals surface area contributed by atoms with Crippen molar-refractivity contribution in [1.82, 2.24) is 0 Å². The number of esters is 2. The number of carbonyl (C=O) groups is 2. The number of nitrogens with zero attached hydrogens (tertiary/aromatic N) is 1. The third-order valence-corrected chi connectivity index (χ3v) is 3.13. The van der Waals surface area contributed by atoms with Crippen LogP contribution in [0.4, 0.5) is 10.1 Å². The molecule has 0 saturated heterocycles. The molecule has 0 bridgehead atoms. The number of nitro groups is 1. The van der Waals surface area contributed by atoms with E-state index in [1.165, 1.54) is 0 Å². The number of benzene rings is 1. The van der Waals surface area contributed by atoms with Crippen LogP contribution in [0.15, 0.2) is 16.6 Å². The molecule has 0 unspecified atom stereocenters. The molecule has 0 N–H and O–H groups in total. The summed E-state index contributed by atoms with van der Waals surface area (Å²) in [4.78, 5) is 32.9. The third kappa shape index (κ3) is 3.10. The van der Waals surface area contributed by atoms with E-state index in [1.807, 2.05) is 0 Å². The van der Waals surface area contributed by atoms with E-state index in [0.717, 1.165) is 26.4 Å². The van der Waals surface area contributed by atoms with Crippen molar-refractivity contribution in [3.63, 3.8) is 0 Å². The first-order valence-electron chi connectivity index (χ1n) is 5.12. The molecule has 0 fully saturated rings. The molecule has 9 heteroatoms. The first kappa shape index (κ1) is 16.0. The molecular weight excluding hydrogens is 341 g/mol. The molecule has 0 radical (unpaired) electrons. The number of methoxy groups -OCH3 is 2. The molecule has 0 aliphatic carbocycles. The van der Waals surface area contributed by atoms with Crippen LogP contribution in [0.2, 0.25) is 0 Å². The van der Waals surface area contributed by atoms with Crippen LogP contribution in [0.5, 0.6) is 0 Å². The normalized spacial score (nSPS) is 10.2. The summed E-state index contributed by atoms with van der Waals surface area (Å²) in [5.41, 5.74) is -0.902. The van der Waals surface area contributed by atoms with Crippen LogP contribution in [0.3, 0.4) is 0 Å². The number of halogens is 2. The van der Waals surface area contributed by atoms with Crippen molar-refractivity contribution in [1.29, 1.82) is 0 Å². The molecule has 1 aromatic carbocycles. The minimum absolute atomic E-state index is 0.0198. The Morgan fingerprint density at radius 3 is 2.20 bits per heavy atom. The third-order valence-electron chi connectivity index (χ3n) is 2.45. The highest BCUT2D eigenvalue weighted by atomic mass is 79.9. The molecule has 0 heterocycles. The van der Waals surface area contributed by atoms with Crippen molar-refractivity contribution in [3.8, 4) is 0 Å². The van der Waals surface area contributed by atoms with Gasteiger partial charge in [-0.05, 0) is 11.6 Å². The van der Waals surface area contributed by atoms with Crippen LogP contribution in [0.1, 0.15) is 11.5 Å². The Bertz CT molecular complexity index is 560. The Kier molecular flexibility index (Phi) is 5.14. The number of carbonyl (C=O) groups excluding carboxylic acids is 2. The van der Waals surface area contributed by atoms with Crippen molar-refractivity contribution < 1.29 is 28.4 Å². The van der Waals surface area contributed by atoms with Gasteiger partial charge in [-0.2, -0.15) is 4.39 Å². The number of hydrogen-bond acceptors (Lipinski definition) is 6. The smallest absolute Gasteiger partial charge is 0.324 e. The molecule has 1 rings (SSSR count). The molecule has 1 aromatic rings. The highest BCUT2D eigenvalue weighted by molar-refractivity contribution is 9.10. The number of nitro benzene ring substituents is 1. The Labute approximate surface area is 120 Å². The minimum atomic E-state index is -1.53. The fraction of sp³-hybridized carbons (Fsp3) is 0.273. The maximum absolute atomic E-state index is 13.6. The van der Waals surface area contributed by atoms with Crippen molar-refractivity contribution >= 4 is 33.6 Å². The van der Waals surface area contributed by atoms with Crippen molar-refractivity contribution in [3.05, 3.63) is 38.1 Å². The summed E-state index contributed by atoms with van der Waals surface area (Å²) < 4.78 is 22.5. The topological polar surface area (TPSA) is 95.7 Å². The van der Waals surface area contributed by atoms with Gasteiger partial charge in [0.2, 0.25) is 5.82 Å². The summed E-state index contributed by atoms with van der Waals surface area (Å²) >= 11 is 2.96. The lowest BCUT2D eigenvalue weighted by Crippen LogP contribution is -2.25. The quantitative estimate of drug-likeness (QED) is 0.356. The van der Waals surface area contributed by atoms with Crippen LogP contribution in [0.25, 0.3) is 0 Å². The van der Waals surface area contributed by atoms with E-state index in [4.69, 9.17) is 0 Å². The largest absolute Gasteiger partial charge is 0.468 e. The summed E-state index contributed by atoms with van der Waals surface area (Å²) in [5, 5.41) is 10.6. The molecule has 20 heavy (non-hydrogen) atoms. The van der Waals surface area contributed by atoms with Crippen LogP contribution < -0.4 is 0 Å². The van der Waals surface area contributed by atoms with Gasteiger partial charge in [-0.25, -0.2) is 0 Å². The number of hydrogen-bond donors (Lipinski definition) is 0. The lowest BCUT2D eigenvalue weighted by molar-refractivity contribution is -0.387. The second kappa shape index (κ2) is 6.42. The van der Waals surface area contributed by atoms with Gasteiger partial charge in [-0.1, -0.05) is 15.9 Å². The molecular formula is C11H9BrFNO6. The van der Waals surface area contributed by atoms with E-state index >= 15 is 0 Å². The Hall–Kier alpha value is -2.03. The zero-order valence-corrected chi connectivity index (χ0v) is 12.0. The fourth-order valence-corrected chi connectivity index (χ4v) is 2.06. The Morgan fingerprint density at radius 2 is 1.80 bits per heavy atom. The van der Waals surface area contributed by atoms with Gasteiger partial charge in [-0.15, -0.1) is 0 Å². The molecule has 0 saturated carbocycles. The fourth-order valence-electron chi connectivity index (χ4n) is 1.50. The van der Waals surface area contributed by atoms with Crippen LogP contribution in [-0.2, 0) is 19.1 Å². The average molecular weight is 350 g/mol. The predicted molar refractivity (Wildman–Crippen MR) is 67.5 cm³/mol. The first-order valence-corrected chi connectivity index (χ1v) is 5.91. The van der Waals surface area contributed by atoms with Gasteiger partial charge in [0.1, 0.15) is 0 Å². The van der Waals surface area contributed by atoms with Crippen molar-refractivity contribution in [2.24, 2.45) is 0 Å². The van der Waals surface area contributed by atoms with Crippen LogP contribution in [0, 0.1) is 15.9 Å². The molecule has 0 spiro atoms. The van der Waals surface area contributed by atoms with Gasteiger partial charge < -0.3 is 9.47 Å². The highest BCUT2D eigenvalue weighted by Gasteiger charge is 2.34. The lowest BCUT2D eigenvalue weighted by Gasteiger charge is -2.14. The zero-order valence-electron chi connectivity index (χ0n) is 10.4. The van der Waals surface area contributed by atoms with Crippen LogP contribution >= 0.6 is 15.9 Å². The van der Waals surface area contributed by atoms with Gasteiger partial charge in [0.25, 0.3) is 0 Å². The second-order valence-electron chi connectivity index (χ2n) is 3.56. The summed E-state index contributed by atoms with van der Waals surface area (Å²) in [7, 11) is 2.10. The van der Waals surface area contributed by atoms with Gasteiger partial charge in [0.05, 0.1) is 19.1 Å². The molecule has 0 aliphatic heterocycles. The maximum atomic E-state index is 13.6. The summed E-state index contributed by atoms with van der Waals surface area (Å²) in [6.07, 6.45) is 0. The minimum Gasteiger partial charge on any atom is -0.468 e. The van der Waals surface area contributed by atoms with E-state index in [2.05, 4.69) is 25.4 Å². The maximum Gasteiger partial charge on any atom is 0.324 e. The SMILES string of the molecule is COC(=O)C(C(=O)OC)c1cc(F)c([N+](=O)[O-])cc1Br. The predicted octanol–water partition coefficient (Wildman–Crippen LogP) is 1.93. The van der Waals surface area contributed by atoms with E-state index in [0.29, 0.717) is 0 Å². The van der Waals surface area contributed by atoms with Gasteiger partial charge in [0, 0.05) is 10.5 Å². The van der Waals surface area contributed by atoms with Crippen molar-refractivity contribution in [2.45, 2.75) is 5.92 Å². The molecule has 0 aromatic heterocycles. The molecule has 0 amide bonds. The van der Waals surface area contributed by atoms with Crippen LogP contribution in [-0.4, -0.2) is 31.1 Å². The average Bonchev–Trinajstić information content (AvgIpc) is 2.41. The van der Waals surface area contributed by atoms with E-state index in [1.54, 1.807) is 0 Å². The second-order valence-corrected chi connectivity index (χ2v) is 4.42. The van der Waals surface area contributed by atoms with Gasteiger partial charge in [0.15, 0.2) is 5.92 Å². The summed E-state index contributed by atoms with van der Waals surface area (Å²) in [6.45, 7) is 0. The molecule has 7 nitrogen and oxygen atoms in total. The zero-order chi connectivity index (χ0) is 15.4. The van der Waals surface area contributed by atoms with Gasteiger partial charge >= 0.3 is 17.6 Å².